The Kier molecular flexibility index (Phi) is 8.58. The fourth-order valence-corrected chi connectivity index (χ4v) is 3.17. The van der Waals surface area contributed by atoms with E-state index in [1.165, 1.54) is 6.21 Å². The first-order chi connectivity index (χ1) is 16.7. The Labute approximate surface area is 208 Å². The van der Waals surface area contributed by atoms with E-state index in [1.54, 1.807) is 54.6 Å². The standard InChI is InChI=1S/C26H25ClN4O4/c1-16-9-11-21(12-18(16)3)29-25(33)26(34)31-28-14-19-6-4-5-7-23(19)35-15-24(32)30-22-13-20(27)10-8-17(22)2/h4-14H,15H2,1-3H3,(H,29,33)(H,30,32)(H,31,34)/b28-14-. The lowest BCUT2D eigenvalue weighted by Crippen LogP contribution is -2.32. The third kappa shape index (κ3) is 7.41. The molecule has 0 bridgehead atoms. The second-order valence-corrected chi connectivity index (χ2v) is 8.22. The second-order valence-electron chi connectivity index (χ2n) is 7.79. The second kappa shape index (κ2) is 11.8. The van der Waals surface area contributed by atoms with Gasteiger partial charge in [-0.05, 0) is 73.9 Å². The molecule has 3 N–H and O–H groups in total. The highest BCUT2D eigenvalue weighted by molar-refractivity contribution is 6.39. The summed E-state index contributed by atoms with van der Waals surface area (Å²) < 4.78 is 5.62. The van der Waals surface area contributed by atoms with Gasteiger partial charge in [-0.15, -0.1) is 0 Å². The van der Waals surface area contributed by atoms with Crippen LogP contribution in [0.15, 0.2) is 65.8 Å². The molecule has 0 heterocycles. The maximum absolute atomic E-state index is 12.3. The fourth-order valence-electron chi connectivity index (χ4n) is 3.00. The highest BCUT2D eigenvalue weighted by Gasteiger charge is 2.13. The number of carbonyl (C=O) groups is 3. The SMILES string of the molecule is Cc1ccc(NC(=O)C(=O)N/N=C\c2ccccc2OCC(=O)Nc2cc(Cl)ccc2C)cc1C. The van der Waals surface area contributed by atoms with E-state index in [-0.39, 0.29) is 12.5 Å². The zero-order chi connectivity index (χ0) is 25.4. The third-order valence-corrected chi connectivity index (χ3v) is 5.33. The van der Waals surface area contributed by atoms with E-state index in [0.717, 1.165) is 16.7 Å². The maximum atomic E-state index is 12.3. The van der Waals surface area contributed by atoms with Gasteiger partial charge < -0.3 is 15.4 Å². The van der Waals surface area contributed by atoms with Gasteiger partial charge in [0.1, 0.15) is 5.75 Å². The third-order valence-electron chi connectivity index (χ3n) is 5.09. The molecule has 0 fully saturated rings. The number of benzene rings is 3. The van der Waals surface area contributed by atoms with Crippen LogP contribution in [0.4, 0.5) is 11.4 Å². The van der Waals surface area contributed by atoms with Crippen molar-refractivity contribution in [2.24, 2.45) is 5.10 Å². The normalized spacial score (nSPS) is 10.6. The number of para-hydroxylation sites is 1. The zero-order valence-corrected chi connectivity index (χ0v) is 20.3. The van der Waals surface area contributed by atoms with Crippen molar-refractivity contribution in [3.8, 4) is 5.75 Å². The first-order valence-electron chi connectivity index (χ1n) is 10.7. The lowest BCUT2D eigenvalue weighted by atomic mass is 10.1. The summed E-state index contributed by atoms with van der Waals surface area (Å²) in [6, 6.07) is 17.4. The summed E-state index contributed by atoms with van der Waals surface area (Å²) in [5.41, 5.74) is 6.75. The van der Waals surface area contributed by atoms with Crippen LogP contribution in [0.5, 0.6) is 5.75 Å². The number of rotatable bonds is 7. The van der Waals surface area contributed by atoms with Gasteiger partial charge in [0, 0.05) is 22.0 Å². The number of halogens is 1. The minimum absolute atomic E-state index is 0.248. The molecule has 0 saturated heterocycles. The summed E-state index contributed by atoms with van der Waals surface area (Å²) in [5.74, 6) is -1.75. The number of nitrogens with zero attached hydrogens (tertiary/aromatic N) is 1. The van der Waals surface area contributed by atoms with Crippen molar-refractivity contribution >= 4 is 46.9 Å². The first-order valence-corrected chi connectivity index (χ1v) is 11.1. The summed E-state index contributed by atoms with van der Waals surface area (Å²) >= 11 is 5.98. The van der Waals surface area contributed by atoms with Crippen LogP contribution in [0, 0.1) is 20.8 Å². The van der Waals surface area contributed by atoms with Gasteiger partial charge in [0.15, 0.2) is 6.61 Å². The number of anilines is 2. The molecule has 3 aromatic carbocycles. The molecule has 0 unspecified atom stereocenters. The molecule has 0 aliphatic heterocycles. The van der Waals surface area contributed by atoms with Gasteiger partial charge in [0.2, 0.25) is 0 Å². The Morgan fingerprint density at radius 2 is 1.63 bits per heavy atom. The molecule has 0 aromatic heterocycles. The van der Waals surface area contributed by atoms with Crippen molar-refractivity contribution < 1.29 is 19.1 Å². The predicted octanol–water partition coefficient (Wildman–Crippen LogP) is 4.37. The van der Waals surface area contributed by atoms with Crippen LogP contribution in [-0.4, -0.2) is 30.5 Å². The average molecular weight is 493 g/mol. The number of aryl methyl sites for hydroxylation is 3. The average Bonchev–Trinajstić information content (AvgIpc) is 2.83. The van der Waals surface area contributed by atoms with Gasteiger partial charge in [-0.1, -0.05) is 35.9 Å². The van der Waals surface area contributed by atoms with Gasteiger partial charge in [-0.25, -0.2) is 5.43 Å². The molecule has 35 heavy (non-hydrogen) atoms. The van der Waals surface area contributed by atoms with Gasteiger partial charge >= 0.3 is 11.8 Å². The van der Waals surface area contributed by atoms with Gasteiger partial charge in [0.25, 0.3) is 5.91 Å². The van der Waals surface area contributed by atoms with Crippen LogP contribution in [0.1, 0.15) is 22.3 Å². The lowest BCUT2D eigenvalue weighted by Gasteiger charge is -2.11. The summed E-state index contributed by atoms with van der Waals surface area (Å²) in [4.78, 5) is 36.5. The van der Waals surface area contributed by atoms with E-state index in [9.17, 15) is 14.4 Å². The van der Waals surface area contributed by atoms with E-state index >= 15 is 0 Å². The summed E-state index contributed by atoms with van der Waals surface area (Å²) in [5, 5.41) is 9.63. The Bertz CT molecular complexity index is 1290. The van der Waals surface area contributed by atoms with E-state index in [1.807, 2.05) is 26.8 Å². The number of amides is 3. The van der Waals surface area contributed by atoms with Crippen LogP contribution in [0.2, 0.25) is 5.02 Å². The minimum atomic E-state index is -0.922. The van der Waals surface area contributed by atoms with Crippen molar-refractivity contribution in [1.29, 1.82) is 0 Å². The monoisotopic (exact) mass is 492 g/mol. The van der Waals surface area contributed by atoms with Gasteiger partial charge in [0.05, 0.1) is 6.21 Å². The molecule has 0 spiro atoms. The quantitative estimate of drug-likeness (QED) is 0.258. The Morgan fingerprint density at radius 3 is 2.40 bits per heavy atom. The fraction of sp³-hybridized carbons (Fsp3) is 0.154. The highest BCUT2D eigenvalue weighted by Crippen LogP contribution is 2.21. The number of nitrogens with one attached hydrogen (secondary N) is 3. The molecule has 9 heteroatoms. The van der Waals surface area contributed by atoms with Crippen molar-refractivity contribution in [2.75, 3.05) is 17.2 Å². The summed E-state index contributed by atoms with van der Waals surface area (Å²) in [7, 11) is 0. The van der Waals surface area contributed by atoms with E-state index in [4.69, 9.17) is 16.3 Å². The Balaban J connectivity index is 1.55. The van der Waals surface area contributed by atoms with Crippen molar-refractivity contribution in [3.63, 3.8) is 0 Å². The van der Waals surface area contributed by atoms with Crippen LogP contribution in [-0.2, 0) is 14.4 Å². The lowest BCUT2D eigenvalue weighted by molar-refractivity contribution is -0.136. The number of hydrogen-bond acceptors (Lipinski definition) is 5. The maximum Gasteiger partial charge on any atom is 0.329 e. The molecule has 180 valence electrons. The predicted molar refractivity (Wildman–Crippen MR) is 137 cm³/mol. The largest absolute Gasteiger partial charge is 0.483 e. The molecule has 0 atom stereocenters. The first kappa shape index (κ1) is 25.5. The Morgan fingerprint density at radius 1 is 0.886 bits per heavy atom. The molecule has 0 aliphatic carbocycles. The highest BCUT2D eigenvalue weighted by atomic mass is 35.5. The van der Waals surface area contributed by atoms with Gasteiger partial charge in [-0.2, -0.15) is 5.10 Å². The number of hydrazone groups is 1. The smallest absolute Gasteiger partial charge is 0.329 e. The molecule has 0 radical (unpaired) electrons. The topological polar surface area (TPSA) is 109 Å². The van der Waals surface area contributed by atoms with Crippen LogP contribution >= 0.6 is 11.6 Å². The van der Waals surface area contributed by atoms with Crippen molar-refractivity contribution in [1.82, 2.24) is 5.43 Å². The summed E-state index contributed by atoms with van der Waals surface area (Å²) in [6.45, 7) is 5.48. The van der Waals surface area contributed by atoms with Crippen LogP contribution < -0.4 is 20.8 Å². The molecule has 3 rings (SSSR count). The molecule has 0 saturated carbocycles. The number of carbonyl (C=O) groups excluding carboxylic acids is 3. The zero-order valence-electron chi connectivity index (χ0n) is 19.5. The van der Waals surface area contributed by atoms with E-state index < -0.39 is 11.8 Å². The van der Waals surface area contributed by atoms with Gasteiger partial charge in [-0.3, -0.25) is 14.4 Å². The molecular weight excluding hydrogens is 468 g/mol. The molecular formula is C26H25ClN4O4. The minimum Gasteiger partial charge on any atom is -0.483 e. The van der Waals surface area contributed by atoms with E-state index in [0.29, 0.717) is 27.7 Å². The van der Waals surface area contributed by atoms with Crippen LogP contribution in [0.3, 0.4) is 0 Å². The molecule has 0 aliphatic rings. The molecule has 3 amide bonds. The number of hydrogen-bond donors (Lipinski definition) is 3. The molecule has 8 nitrogen and oxygen atoms in total. The van der Waals surface area contributed by atoms with Crippen molar-refractivity contribution in [2.45, 2.75) is 20.8 Å². The number of ether oxygens (including phenoxy) is 1. The van der Waals surface area contributed by atoms with Crippen LogP contribution in [0.25, 0.3) is 0 Å². The van der Waals surface area contributed by atoms with E-state index in [2.05, 4.69) is 21.2 Å². The molecule has 3 aromatic rings. The van der Waals surface area contributed by atoms with Crippen molar-refractivity contribution in [3.05, 3.63) is 87.9 Å². The Hall–Kier alpha value is -4.17. The summed E-state index contributed by atoms with van der Waals surface area (Å²) in [6.07, 6.45) is 1.33.